The Morgan fingerprint density at radius 1 is 1.09 bits per heavy atom. The molecule has 3 atom stereocenters. The van der Waals surface area contributed by atoms with E-state index in [4.69, 9.17) is 0 Å². The number of carbonyl (C=O) groups excluding carboxylic acids is 2. The molecule has 0 spiro atoms. The average molecular weight is 482 g/mol. The van der Waals surface area contributed by atoms with Gasteiger partial charge in [0.05, 0.1) is 6.04 Å². The number of benzene rings is 2. The molecule has 4 rings (SSSR count). The Labute approximate surface area is 203 Å². The maximum atomic E-state index is 12.9. The van der Waals surface area contributed by atoms with Crippen LogP contribution in [0.3, 0.4) is 0 Å². The number of aromatic nitrogens is 2. The lowest BCUT2D eigenvalue weighted by Gasteiger charge is -2.29. The molecule has 1 amide bonds. The van der Waals surface area contributed by atoms with Crippen molar-refractivity contribution in [3.63, 3.8) is 0 Å². The lowest BCUT2D eigenvalue weighted by atomic mass is 9.77. The van der Waals surface area contributed by atoms with E-state index >= 15 is 0 Å². The number of ketones is 1. The molecular weight excluding hydrogens is 452 g/mol. The van der Waals surface area contributed by atoms with Gasteiger partial charge in [0.2, 0.25) is 11.7 Å². The highest BCUT2D eigenvalue weighted by molar-refractivity contribution is 5.89. The van der Waals surface area contributed by atoms with E-state index in [1.54, 1.807) is 31.2 Å². The molecule has 1 N–H and O–H groups in total. The minimum atomic E-state index is -2.81. The number of aryl methyl sites for hydroxylation is 1. The summed E-state index contributed by atoms with van der Waals surface area (Å²) in [4.78, 5) is 29.2. The summed E-state index contributed by atoms with van der Waals surface area (Å²) in [7, 11) is 0. The highest BCUT2D eigenvalue weighted by atomic mass is 19.3. The van der Waals surface area contributed by atoms with E-state index in [9.17, 15) is 18.4 Å². The zero-order valence-electron chi connectivity index (χ0n) is 19.6. The third-order valence-electron chi connectivity index (χ3n) is 6.66. The Hall–Kier alpha value is -3.42. The molecule has 6 nitrogen and oxygen atoms in total. The van der Waals surface area contributed by atoms with Crippen LogP contribution in [0.2, 0.25) is 0 Å². The molecule has 1 aromatic heterocycles. The van der Waals surface area contributed by atoms with Crippen LogP contribution in [0, 0.1) is 5.92 Å². The van der Waals surface area contributed by atoms with E-state index in [-0.39, 0.29) is 29.9 Å². The van der Waals surface area contributed by atoms with Crippen molar-refractivity contribution in [1.82, 2.24) is 15.5 Å². The molecule has 1 heterocycles. The molecule has 8 heteroatoms. The van der Waals surface area contributed by atoms with Crippen molar-refractivity contribution in [1.29, 1.82) is 0 Å². The SMILES string of the molecule is C[C@H](NC(=O)[C@@H]1CCC[C@H](c2ccccc2)C1)C(=O)CCc1ccc(-c2noc(C(F)F)n2)cc1. The highest BCUT2D eigenvalue weighted by Crippen LogP contribution is 2.36. The molecular formula is C27H29F2N3O3. The standard InChI is InChI=1S/C27H29F2N3O3/c1-17(30-26(34)22-9-5-8-21(16-22)19-6-3-2-4-7-19)23(33)15-12-18-10-13-20(14-11-18)25-31-27(24(28)29)35-32-25/h2-4,6-7,10-11,13-14,17,21-22,24H,5,8-9,12,15-16H2,1H3,(H,30,34)/t17-,21-,22+/m0/s1. The summed E-state index contributed by atoms with van der Waals surface area (Å²) >= 11 is 0. The van der Waals surface area contributed by atoms with Crippen LogP contribution in [0.4, 0.5) is 8.78 Å². The normalized spacial score (nSPS) is 18.9. The van der Waals surface area contributed by atoms with Crippen molar-refractivity contribution in [2.75, 3.05) is 0 Å². The Balaban J connectivity index is 1.25. The van der Waals surface area contributed by atoms with Crippen LogP contribution in [0.15, 0.2) is 59.1 Å². The van der Waals surface area contributed by atoms with Crippen molar-refractivity contribution < 1.29 is 22.9 Å². The van der Waals surface area contributed by atoms with E-state index in [0.29, 0.717) is 17.9 Å². The number of amides is 1. The summed E-state index contributed by atoms with van der Waals surface area (Å²) < 4.78 is 29.8. The van der Waals surface area contributed by atoms with Gasteiger partial charge in [0.1, 0.15) is 0 Å². The van der Waals surface area contributed by atoms with Crippen molar-refractivity contribution >= 4 is 11.7 Å². The van der Waals surface area contributed by atoms with Gasteiger partial charge in [-0.05, 0) is 49.7 Å². The first-order valence-electron chi connectivity index (χ1n) is 12.0. The number of nitrogens with zero attached hydrogens (tertiary/aromatic N) is 2. The number of alkyl halides is 2. The van der Waals surface area contributed by atoms with E-state index < -0.39 is 18.4 Å². The molecule has 184 valence electrons. The molecule has 0 saturated heterocycles. The molecule has 2 aromatic carbocycles. The summed E-state index contributed by atoms with van der Waals surface area (Å²) in [6.07, 6.45) is 1.73. The molecule has 35 heavy (non-hydrogen) atoms. The third kappa shape index (κ3) is 6.38. The molecule has 3 aromatic rings. The van der Waals surface area contributed by atoms with Crippen LogP contribution in [0.1, 0.15) is 68.4 Å². The van der Waals surface area contributed by atoms with Crippen molar-refractivity contribution in [3.8, 4) is 11.4 Å². The first-order valence-corrected chi connectivity index (χ1v) is 12.0. The predicted molar refractivity (Wildman–Crippen MR) is 127 cm³/mol. The molecule has 0 bridgehead atoms. The monoisotopic (exact) mass is 481 g/mol. The molecule has 1 aliphatic carbocycles. The van der Waals surface area contributed by atoms with Crippen LogP contribution in [0.5, 0.6) is 0 Å². The quantitative estimate of drug-likeness (QED) is 0.427. The second-order valence-corrected chi connectivity index (χ2v) is 9.12. The fourth-order valence-corrected chi connectivity index (χ4v) is 4.61. The van der Waals surface area contributed by atoms with Gasteiger partial charge in [-0.2, -0.15) is 13.8 Å². The average Bonchev–Trinajstić information content (AvgIpc) is 3.39. The number of rotatable bonds is 9. The number of hydrogen-bond acceptors (Lipinski definition) is 5. The van der Waals surface area contributed by atoms with Crippen LogP contribution in [-0.4, -0.2) is 27.9 Å². The first-order chi connectivity index (χ1) is 16.9. The minimum Gasteiger partial charge on any atom is -0.346 e. The lowest BCUT2D eigenvalue weighted by Crippen LogP contribution is -2.42. The molecule has 0 radical (unpaired) electrons. The van der Waals surface area contributed by atoms with Gasteiger partial charge < -0.3 is 9.84 Å². The second-order valence-electron chi connectivity index (χ2n) is 9.12. The van der Waals surface area contributed by atoms with E-state index in [1.807, 2.05) is 18.2 Å². The number of halogens is 2. The summed E-state index contributed by atoms with van der Waals surface area (Å²) in [6, 6.07) is 16.8. The molecule has 0 aliphatic heterocycles. The Bertz CT molecular complexity index is 1130. The summed E-state index contributed by atoms with van der Waals surface area (Å²) in [6.45, 7) is 1.73. The maximum Gasteiger partial charge on any atom is 0.315 e. The van der Waals surface area contributed by atoms with Crippen molar-refractivity contribution in [3.05, 3.63) is 71.6 Å². The van der Waals surface area contributed by atoms with Crippen LogP contribution in [-0.2, 0) is 16.0 Å². The molecule has 1 fully saturated rings. The zero-order chi connectivity index (χ0) is 24.8. The van der Waals surface area contributed by atoms with Gasteiger partial charge in [0.15, 0.2) is 5.78 Å². The van der Waals surface area contributed by atoms with Gasteiger partial charge in [-0.15, -0.1) is 0 Å². The number of carbonyl (C=O) groups is 2. The molecule has 1 saturated carbocycles. The minimum absolute atomic E-state index is 0.0300. The number of hydrogen-bond donors (Lipinski definition) is 1. The second kappa shape index (κ2) is 11.3. The van der Waals surface area contributed by atoms with E-state index in [0.717, 1.165) is 31.2 Å². The van der Waals surface area contributed by atoms with Gasteiger partial charge in [0.25, 0.3) is 5.89 Å². The van der Waals surface area contributed by atoms with Gasteiger partial charge in [-0.25, -0.2) is 0 Å². The predicted octanol–water partition coefficient (Wildman–Crippen LogP) is 5.65. The van der Waals surface area contributed by atoms with E-state index in [1.165, 1.54) is 5.56 Å². The Morgan fingerprint density at radius 3 is 2.51 bits per heavy atom. The van der Waals surface area contributed by atoms with Gasteiger partial charge in [-0.1, -0.05) is 66.2 Å². The van der Waals surface area contributed by atoms with Crippen molar-refractivity contribution in [2.24, 2.45) is 5.92 Å². The summed E-state index contributed by atoms with van der Waals surface area (Å²) in [5.74, 6) is -0.390. The first kappa shape index (κ1) is 24.7. The topological polar surface area (TPSA) is 85.1 Å². The van der Waals surface area contributed by atoms with Gasteiger partial charge >= 0.3 is 6.43 Å². The summed E-state index contributed by atoms with van der Waals surface area (Å²) in [5, 5.41) is 6.49. The van der Waals surface area contributed by atoms with Crippen LogP contribution in [0.25, 0.3) is 11.4 Å². The van der Waals surface area contributed by atoms with E-state index in [2.05, 4.69) is 32.1 Å². The van der Waals surface area contributed by atoms with Crippen LogP contribution >= 0.6 is 0 Å². The molecule has 1 aliphatic rings. The van der Waals surface area contributed by atoms with Crippen LogP contribution < -0.4 is 5.32 Å². The molecule has 0 unspecified atom stereocenters. The lowest BCUT2D eigenvalue weighted by molar-refractivity contribution is -0.130. The zero-order valence-corrected chi connectivity index (χ0v) is 19.6. The number of nitrogens with one attached hydrogen (secondary N) is 1. The fourth-order valence-electron chi connectivity index (χ4n) is 4.61. The third-order valence-corrected chi connectivity index (χ3v) is 6.66. The fraction of sp³-hybridized carbons (Fsp3) is 0.407. The Morgan fingerprint density at radius 2 is 1.83 bits per heavy atom. The Kier molecular flexibility index (Phi) is 8.00. The van der Waals surface area contributed by atoms with Crippen molar-refractivity contribution in [2.45, 2.75) is 63.8 Å². The maximum absolute atomic E-state index is 12.9. The van der Waals surface area contributed by atoms with Gasteiger partial charge in [-0.3, -0.25) is 9.59 Å². The highest BCUT2D eigenvalue weighted by Gasteiger charge is 2.29. The smallest absolute Gasteiger partial charge is 0.315 e. The summed E-state index contributed by atoms with van der Waals surface area (Å²) in [5.41, 5.74) is 2.74. The number of Topliss-reactive ketones (excluding diaryl/α,β-unsaturated/α-hetero) is 1. The largest absolute Gasteiger partial charge is 0.346 e. The van der Waals surface area contributed by atoms with Gasteiger partial charge in [0, 0.05) is 17.9 Å².